The number of esters is 1. The molecule has 0 bridgehead atoms. The molecule has 23 heteroatoms. The van der Waals surface area contributed by atoms with E-state index in [9.17, 15) is 9.59 Å². The van der Waals surface area contributed by atoms with Gasteiger partial charge in [-0.1, -0.05) is 298 Å². The Morgan fingerprint density at radius 2 is 0.952 bits per heavy atom. The van der Waals surface area contributed by atoms with Crippen LogP contribution in [0.3, 0.4) is 0 Å². The highest BCUT2D eigenvalue weighted by molar-refractivity contribution is 5.84. The summed E-state index contributed by atoms with van der Waals surface area (Å²) in [6.07, 6.45) is 22.1. The van der Waals surface area contributed by atoms with Gasteiger partial charge in [-0.05, 0) is 247 Å². The molecule has 6 saturated heterocycles. The van der Waals surface area contributed by atoms with E-state index in [1.807, 2.05) is 138 Å². The van der Waals surface area contributed by atoms with E-state index >= 15 is 0 Å². The molecule has 7 heterocycles. The minimum Gasteiger partial charge on any atom is -0.466 e. The zero-order valence-electron chi connectivity index (χ0n) is 99.0. The molecule has 0 radical (unpaired) electrons. The van der Waals surface area contributed by atoms with Gasteiger partial charge in [-0.25, -0.2) is 0 Å². The maximum Gasteiger partial charge on any atom is 0.302 e. The molecule has 23 nitrogen and oxygen atoms in total. The number of hydrogen-bond acceptors (Lipinski definition) is 23. The lowest BCUT2D eigenvalue weighted by Gasteiger charge is -2.53. The SMILES string of the molecule is C=Cc1ccc(COCCOCC)cc1.CCC.CCC.CCC(=O)C1(C)COC(c2ccccc2)OC1.CCC1(C)COC(C)(C)O1.CCC1CC(C)(C)N(C)C(C)(C)C1.CCC1COC(C)(C)O1.CCCC1COC(C)(C)O1.CCCCCc1ccc2c(c1)OC(C)(C)O2.CCCc1ccc(C)cc1.CCN1COCOC1.CCOC(C)=O.CCOCc1ccc(C)cc1.CCc1ccc(C)cc1.COC.OCO. The molecular weight excluding hydrogens is 1840 g/mol. The first-order valence-electron chi connectivity index (χ1n) is 54.3. The van der Waals surface area contributed by atoms with Crippen molar-refractivity contribution in [2.24, 2.45) is 11.3 Å². The van der Waals surface area contributed by atoms with Crippen molar-refractivity contribution in [2.75, 3.05) is 121 Å². The van der Waals surface area contributed by atoms with Gasteiger partial charge in [0.15, 0.2) is 35.2 Å². The summed E-state index contributed by atoms with van der Waals surface area (Å²) in [7, 11) is 5.52. The topological polar surface area (TPSA) is 238 Å². The van der Waals surface area contributed by atoms with Crippen molar-refractivity contribution in [3.8, 4) is 11.5 Å². The Labute approximate surface area is 890 Å². The minimum absolute atomic E-state index is 0.0521. The van der Waals surface area contributed by atoms with Crippen LogP contribution in [0, 0.1) is 32.1 Å². The number of fused-ring (bicyclic) bond motifs is 1. The highest BCUT2D eigenvalue weighted by atomic mass is 16.8. The lowest BCUT2D eigenvalue weighted by atomic mass is 9.73. The number of hydrogen-bond donors (Lipinski definition) is 2. The predicted octanol–water partition coefficient (Wildman–Crippen LogP) is 29.1. The summed E-state index contributed by atoms with van der Waals surface area (Å²) >= 11 is 0. The van der Waals surface area contributed by atoms with Crippen LogP contribution in [-0.2, 0) is 113 Å². The predicted molar refractivity (Wildman–Crippen MR) is 604 cm³/mol. The third-order valence-corrected chi connectivity index (χ3v) is 23.4. The van der Waals surface area contributed by atoms with Crippen molar-refractivity contribution in [1.82, 2.24) is 9.80 Å². The monoisotopic (exact) mass is 2050 g/mol. The van der Waals surface area contributed by atoms with Crippen molar-refractivity contribution in [3.63, 3.8) is 0 Å². The number of likely N-dealkylation sites (tertiary alicyclic amines) is 1. The van der Waals surface area contributed by atoms with Crippen LogP contribution in [0.5, 0.6) is 11.5 Å². The summed E-state index contributed by atoms with van der Waals surface area (Å²) in [5, 5.41) is 14.2. The van der Waals surface area contributed by atoms with Crippen molar-refractivity contribution < 1.29 is 100 Å². The van der Waals surface area contributed by atoms with Gasteiger partial charge in [0.25, 0.3) is 0 Å². The largest absolute Gasteiger partial charge is 0.466 e. The number of aryl methyl sites for hydroxylation is 6. The standard InChI is InChI=1S/C14H18O3.C14H20O2.C13H18O2.C12H25N.C10H14O.C10H14.C9H12.2C8H16O2.C7H14O2.C5H11NO2.C4H8O2.2C3H8.C2H6O.CH4O2/c1-3-12(15)14(2)9-16-13(17-10-14)11-7-5-4-6-8-11;1-4-5-6-7-11-8-9-12-13(10-11)16-14(2,3)15-12;1-3-12-5-7-13(8-6-12)11-15-10-9-14-4-2;1-7-10-8-11(2,3)13(6)12(4,5)9-10;1-3-11-8-10-6-4-9(2)5-7-10;1-3-4-10-7-5-9(2)6-8-10;1-3-9-6-4-8(2)5-7-9;1-5-8(4)6-9-7(2,3)10-8;1-4-5-7-6-9-8(2,3)10-7;1-4-6-5-8-7(2,3)9-6;1-2-6-3-7-5-8-4-6;1-3-6-4(2)5;3*1-3-2;2-1-3/h4-8,13H,3,9-10H2,1-2H3;8-10H,4-7H2,1-3H3;3,5-8H,1,4,9-11H2,2H3;10H,7-9H2,1-6H3;4-7H,3,8H2,1-2H3;5-8H,3-4H2,1-2H3;4-7H,3H2,1-2H3;5-6H2,1-4H3;7H,4-6H2,1-3H3;6H,4-5H2,1-3H3;2-5H2,1H3;3H2,1-2H3;2*3H2,1-2H3;1-2H3;2-3H,1H2. The Balaban J connectivity index is -0.00000152. The molecule has 0 saturated carbocycles. The molecule has 0 aromatic heterocycles. The number of aliphatic hydroxyl groups is 2. The van der Waals surface area contributed by atoms with Crippen LogP contribution in [0.1, 0.15) is 366 Å². The molecule has 840 valence electrons. The summed E-state index contributed by atoms with van der Waals surface area (Å²) in [5.74, 6) is 1.11. The molecule has 6 aromatic rings. The van der Waals surface area contributed by atoms with Crippen LogP contribution in [-0.4, -0.2) is 205 Å². The fourth-order valence-electron chi connectivity index (χ4n) is 15.0. The first-order valence-corrected chi connectivity index (χ1v) is 54.3. The van der Waals surface area contributed by atoms with E-state index in [0.717, 1.165) is 120 Å². The summed E-state index contributed by atoms with van der Waals surface area (Å²) < 4.78 is 90.0. The van der Waals surface area contributed by atoms with Gasteiger partial charge >= 0.3 is 5.97 Å². The Kier molecular flexibility index (Phi) is 81.2. The number of aliphatic hydroxyl groups excluding tert-OH is 1. The molecule has 6 fully saturated rings. The number of ketones is 1. The second kappa shape index (κ2) is 82.7. The van der Waals surface area contributed by atoms with Gasteiger partial charge < -0.3 is 90.7 Å². The maximum absolute atomic E-state index is 11.8. The number of unbranched alkanes of at least 4 members (excludes halogenated alkanes) is 2. The third-order valence-electron chi connectivity index (χ3n) is 23.4. The number of benzene rings is 6. The first kappa shape index (κ1) is 143. The molecule has 3 atom stereocenters. The summed E-state index contributed by atoms with van der Waals surface area (Å²) in [6, 6.07) is 50.1. The van der Waals surface area contributed by atoms with E-state index < -0.39 is 18.0 Å². The van der Waals surface area contributed by atoms with Crippen LogP contribution in [0.15, 0.2) is 152 Å². The number of rotatable bonds is 27. The highest BCUT2D eigenvalue weighted by Gasteiger charge is 2.44. The number of carbonyl (C=O) groups is 2. The third kappa shape index (κ3) is 69.5. The van der Waals surface area contributed by atoms with Crippen molar-refractivity contribution >= 4 is 17.8 Å². The van der Waals surface area contributed by atoms with E-state index in [4.69, 9.17) is 81.3 Å². The van der Waals surface area contributed by atoms with Gasteiger partial charge in [-0.2, -0.15) is 0 Å². The smallest absolute Gasteiger partial charge is 0.302 e. The number of nitrogens with zero attached hydrogens (tertiary/aromatic N) is 2. The van der Waals surface area contributed by atoms with Crippen LogP contribution < -0.4 is 9.47 Å². The molecule has 7 aliphatic heterocycles. The second-order valence-electron chi connectivity index (χ2n) is 40.7. The average Bonchev–Trinajstić information content (AvgIpc) is 1.16. The molecule has 2 N–H and O–H groups in total. The molecule has 0 amide bonds. The van der Waals surface area contributed by atoms with Gasteiger partial charge in [0.05, 0.1) is 89.3 Å². The van der Waals surface area contributed by atoms with E-state index in [0.29, 0.717) is 76.1 Å². The number of methoxy groups -OCH3 is 1. The van der Waals surface area contributed by atoms with E-state index in [1.165, 1.54) is 122 Å². The number of carbonyl (C=O) groups excluding carboxylic acids is 2. The highest BCUT2D eigenvalue weighted by Crippen LogP contribution is 2.43. The molecular formula is C123H212N2O21. The Morgan fingerprint density at radius 3 is 1.32 bits per heavy atom. The molecule has 7 aliphatic rings. The lowest BCUT2D eigenvalue weighted by molar-refractivity contribution is -0.227. The Bertz CT molecular complexity index is 4060. The molecule has 6 aromatic carbocycles. The number of piperidine rings is 1. The molecule has 0 spiro atoms. The maximum atomic E-state index is 11.8. The Morgan fingerprint density at radius 1 is 0.493 bits per heavy atom. The van der Waals surface area contributed by atoms with E-state index in [1.54, 1.807) is 21.1 Å². The molecule has 13 rings (SSSR count). The van der Waals surface area contributed by atoms with Crippen LogP contribution in [0.25, 0.3) is 6.08 Å². The van der Waals surface area contributed by atoms with Gasteiger partial charge in [0, 0.05) is 71.3 Å². The van der Waals surface area contributed by atoms with Crippen LogP contribution >= 0.6 is 0 Å². The average molecular weight is 2060 g/mol. The second-order valence-corrected chi connectivity index (χ2v) is 40.7. The van der Waals surface area contributed by atoms with E-state index in [-0.39, 0.29) is 41.0 Å². The van der Waals surface area contributed by atoms with Gasteiger partial charge in [-0.3, -0.25) is 19.4 Å². The zero-order valence-corrected chi connectivity index (χ0v) is 99.0. The summed E-state index contributed by atoms with van der Waals surface area (Å²) in [5.41, 5.74) is 13.0. The number of ether oxygens (including phenoxy) is 17. The quantitative estimate of drug-likeness (QED) is 0.0277. The summed E-state index contributed by atoms with van der Waals surface area (Å²) in [6.45, 7) is 84.0. The van der Waals surface area contributed by atoms with Crippen LogP contribution in [0.2, 0.25) is 0 Å². The van der Waals surface area contributed by atoms with Crippen molar-refractivity contribution in [2.45, 2.75) is 416 Å². The van der Waals surface area contributed by atoms with Gasteiger partial charge in [0.2, 0.25) is 5.79 Å². The van der Waals surface area contributed by atoms with E-state index in [2.05, 4.69) is 268 Å². The van der Waals surface area contributed by atoms with Crippen molar-refractivity contribution in [3.05, 3.63) is 208 Å². The van der Waals surface area contributed by atoms with Crippen molar-refractivity contribution in [1.29, 1.82) is 0 Å². The van der Waals surface area contributed by atoms with Gasteiger partial charge in [0.1, 0.15) is 32.8 Å². The first-order chi connectivity index (χ1) is 69.0. The van der Waals surface area contributed by atoms with Crippen LogP contribution in [0.4, 0.5) is 0 Å². The minimum atomic E-state index is -0.750. The number of Topliss-reactive ketones (excluding diaryl/α,β-unsaturated/α-hetero) is 1. The molecule has 3 unspecified atom stereocenters. The fourth-order valence-corrected chi connectivity index (χ4v) is 15.0. The molecule has 146 heavy (non-hydrogen) atoms. The fraction of sp³-hybridized carbons (Fsp3) is 0.675. The lowest BCUT2D eigenvalue weighted by Crippen LogP contribution is -2.58. The zero-order chi connectivity index (χ0) is 111. The normalized spacial score (nSPS) is 19.7. The Hall–Kier alpha value is -6.92. The van der Waals surface area contributed by atoms with Gasteiger partial charge in [-0.15, -0.1) is 0 Å². The molecule has 0 aliphatic carbocycles. The summed E-state index contributed by atoms with van der Waals surface area (Å²) in [4.78, 5) is 26.2.